The molecule has 0 aromatic carbocycles. The largest absolute Gasteiger partial charge is 0.352 e. The van der Waals surface area contributed by atoms with Crippen molar-refractivity contribution in [1.29, 1.82) is 0 Å². The molecule has 0 spiro atoms. The number of thiophene rings is 1. The van der Waals surface area contributed by atoms with Gasteiger partial charge in [-0.05, 0) is 37.8 Å². The molecule has 10 heteroatoms. The van der Waals surface area contributed by atoms with Gasteiger partial charge in [0, 0.05) is 25.7 Å². The molecular formula is C20H27N5O3S2. The topological polar surface area (TPSA) is 97.2 Å². The van der Waals surface area contributed by atoms with Gasteiger partial charge in [-0.25, -0.2) is 22.4 Å². The first-order valence-corrected chi connectivity index (χ1v) is 12.6. The van der Waals surface area contributed by atoms with Crippen LogP contribution in [0.5, 0.6) is 0 Å². The number of hydrogen-bond donors (Lipinski definition) is 1. The van der Waals surface area contributed by atoms with Crippen molar-refractivity contribution in [3.05, 3.63) is 35.3 Å². The average Bonchev–Trinajstić information content (AvgIpc) is 3.35. The quantitative estimate of drug-likeness (QED) is 0.506. The van der Waals surface area contributed by atoms with Crippen LogP contribution in [0.4, 0.5) is 0 Å². The van der Waals surface area contributed by atoms with Crippen LogP contribution in [0.15, 0.2) is 29.8 Å². The Balaban J connectivity index is 1.83. The number of pyridine rings is 1. The molecule has 0 saturated carbocycles. The molecule has 0 saturated heterocycles. The van der Waals surface area contributed by atoms with Crippen molar-refractivity contribution < 1.29 is 13.2 Å². The van der Waals surface area contributed by atoms with E-state index in [1.807, 2.05) is 36.0 Å². The predicted molar refractivity (Wildman–Crippen MR) is 120 cm³/mol. The number of carbonyl (C=O) groups excluding carboxylic acids is 1. The number of nitrogens with zero attached hydrogens (tertiary/aromatic N) is 4. The van der Waals surface area contributed by atoms with Gasteiger partial charge in [0.1, 0.15) is 0 Å². The Kier molecular flexibility index (Phi) is 6.89. The summed E-state index contributed by atoms with van der Waals surface area (Å²) in [4.78, 5) is 18.7. The second-order valence-electron chi connectivity index (χ2n) is 7.32. The van der Waals surface area contributed by atoms with Crippen molar-refractivity contribution >= 4 is 38.3 Å². The SMILES string of the molecule is CCN(CCCNC(=O)c1cc(-c2cccs2)nc2c1cnn2C(C)C)S(C)(=O)=O. The summed E-state index contributed by atoms with van der Waals surface area (Å²) in [5.41, 5.74) is 1.93. The van der Waals surface area contributed by atoms with Crippen LogP contribution < -0.4 is 5.32 Å². The Morgan fingerprint density at radius 2 is 2.13 bits per heavy atom. The van der Waals surface area contributed by atoms with Crippen LogP contribution in [0.2, 0.25) is 0 Å². The molecule has 8 nitrogen and oxygen atoms in total. The van der Waals surface area contributed by atoms with E-state index in [1.165, 1.54) is 10.6 Å². The minimum atomic E-state index is -3.23. The zero-order valence-electron chi connectivity index (χ0n) is 17.6. The molecular weight excluding hydrogens is 422 g/mol. The third-order valence-electron chi connectivity index (χ3n) is 4.77. The maximum absolute atomic E-state index is 13.0. The van der Waals surface area contributed by atoms with E-state index in [-0.39, 0.29) is 11.9 Å². The fourth-order valence-corrected chi connectivity index (χ4v) is 4.86. The van der Waals surface area contributed by atoms with Crippen molar-refractivity contribution in [3.8, 4) is 10.6 Å². The highest BCUT2D eigenvalue weighted by atomic mass is 32.2. The molecule has 0 aliphatic rings. The Morgan fingerprint density at radius 1 is 1.37 bits per heavy atom. The van der Waals surface area contributed by atoms with Gasteiger partial charge in [0.15, 0.2) is 5.65 Å². The van der Waals surface area contributed by atoms with Gasteiger partial charge in [0.25, 0.3) is 5.91 Å². The maximum Gasteiger partial charge on any atom is 0.252 e. The molecule has 0 fully saturated rings. The molecule has 30 heavy (non-hydrogen) atoms. The first kappa shape index (κ1) is 22.4. The zero-order chi connectivity index (χ0) is 21.9. The standard InChI is InChI=1S/C20H27N5O3S2/c1-5-24(30(4,27)28)10-7-9-21-20(26)15-12-17(18-8-6-11-29-18)23-19-16(15)13-22-25(19)14(2)3/h6,8,11-14H,5,7,9-10H2,1-4H3,(H,21,26). The molecule has 3 rings (SSSR count). The third-order valence-corrected chi connectivity index (χ3v) is 7.04. The molecule has 0 aliphatic carbocycles. The Hall–Kier alpha value is -2.30. The first-order chi connectivity index (χ1) is 14.2. The van der Waals surface area contributed by atoms with E-state index in [2.05, 4.69) is 10.4 Å². The summed E-state index contributed by atoms with van der Waals surface area (Å²) in [6.45, 7) is 7.00. The second-order valence-corrected chi connectivity index (χ2v) is 10.2. The van der Waals surface area contributed by atoms with Gasteiger partial charge in [0.05, 0.1) is 34.0 Å². The van der Waals surface area contributed by atoms with E-state index in [4.69, 9.17) is 4.98 Å². The van der Waals surface area contributed by atoms with E-state index in [1.54, 1.807) is 30.5 Å². The molecule has 1 amide bonds. The van der Waals surface area contributed by atoms with Crippen LogP contribution >= 0.6 is 11.3 Å². The van der Waals surface area contributed by atoms with Gasteiger partial charge in [-0.15, -0.1) is 11.3 Å². The number of aromatic nitrogens is 3. The minimum Gasteiger partial charge on any atom is -0.352 e. The fraction of sp³-hybridized carbons (Fsp3) is 0.450. The summed E-state index contributed by atoms with van der Waals surface area (Å²) in [6, 6.07) is 5.83. The molecule has 0 atom stereocenters. The lowest BCUT2D eigenvalue weighted by Gasteiger charge is -2.17. The summed E-state index contributed by atoms with van der Waals surface area (Å²) in [5.74, 6) is -0.217. The molecule has 3 aromatic rings. The summed E-state index contributed by atoms with van der Waals surface area (Å²) in [6.07, 6.45) is 3.41. The molecule has 0 aliphatic heterocycles. The molecule has 0 radical (unpaired) electrons. The molecule has 0 bridgehead atoms. The van der Waals surface area contributed by atoms with Crippen LogP contribution in [0.25, 0.3) is 21.6 Å². The fourth-order valence-electron chi connectivity index (χ4n) is 3.25. The van der Waals surface area contributed by atoms with Crippen molar-refractivity contribution in [1.82, 2.24) is 24.4 Å². The predicted octanol–water partition coefficient (Wildman–Crippen LogP) is 3.14. The Bertz CT molecular complexity index is 1120. The lowest BCUT2D eigenvalue weighted by molar-refractivity contribution is 0.0954. The normalized spacial score (nSPS) is 12.2. The number of fused-ring (bicyclic) bond motifs is 1. The molecule has 0 unspecified atom stereocenters. The highest BCUT2D eigenvalue weighted by Crippen LogP contribution is 2.28. The second kappa shape index (κ2) is 9.23. The number of sulfonamides is 1. The monoisotopic (exact) mass is 449 g/mol. The summed E-state index contributed by atoms with van der Waals surface area (Å²) < 4.78 is 26.6. The van der Waals surface area contributed by atoms with E-state index in [0.29, 0.717) is 42.7 Å². The highest BCUT2D eigenvalue weighted by Gasteiger charge is 2.19. The Morgan fingerprint density at radius 3 is 2.73 bits per heavy atom. The summed E-state index contributed by atoms with van der Waals surface area (Å²) in [5, 5.41) is 10.0. The smallest absolute Gasteiger partial charge is 0.252 e. The van der Waals surface area contributed by atoms with Crippen molar-refractivity contribution in [3.63, 3.8) is 0 Å². The van der Waals surface area contributed by atoms with Crippen LogP contribution in [-0.2, 0) is 10.0 Å². The van der Waals surface area contributed by atoms with Gasteiger partial charge < -0.3 is 5.32 Å². The van der Waals surface area contributed by atoms with Crippen LogP contribution in [-0.4, -0.2) is 59.3 Å². The van der Waals surface area contributed by atoms with Gasteiger partial charge in [-0.1, -0.05) is 13.0 Å². The number of rotatable bonds is 9. The highest BCUT2D eigenvalue weighted by molar-refractivity contribution is 7.88. The van der Waals surface area contributed by atoms with E-state index < -0.39 is 10.0 Å². The van der Waals surface area contributed by atoms with Crippen LogP contribution in [0.1, 0.15) is 43.6 Å². The number of amides is 1. The van der Waals surface area contributed by atoms with Gasteiger partial charge in [0.2, 0.25) is 10.0 Å². The zero-order valence-corrected chi connectivity index (χ0v) is 19.3. The van der Waals surface area contributed by atoms with Crippen LogP contribution in [0, 0.1) is 0 Å². The lowest BCUT2D eigenvalue weighted by Crippen LogP contribution is -2.33. The molecule has 1 N–H and O–H groups in total. The number of carbonyl (C=O) groups is 1. The van der Waals surface area contributed by atoms with E-state index in [0.717, 1.165) is 10.6 Å². The van der Waals surface area contributed by atoms with E-state index in [9.17, 15) is 13.2 Å². The minimum absolute atomic E-state index is 0.112. The first-order valence-electron chi connectivity index (χ1n) is 9.87. The van der Waals surface area contributed by atoms with Gasteiger partial charge >= 0.3 is 0 Å². The van der Waals surface area contributed by atoms with Crippen LogP contribution in [0.3, 0.4) is 0 Å². The maximum atomic E-state index is 13.0. The van der Waals surface area contributed by atoms with Crippen molar-refractivity contribution in [2.75, 3.05) is 25.9 Å². The molecule has 3 heterocycles. The van der Waals surface area contributed by atoms with E-state index >= 15 is 0 Å². The molecule has 3 aromatic heterocycles. The number of nitrogens with one attached hydrogen (secondary N) is 1. The lowest BCUT2D eigenvalue weighted by atomic mass is 10.1. The Labute approximate surface area is 181 Å². The van der Waals surface area contributed by atoms with Gasteiger partial charge in [-0.2, -0.15) is 5.10 Å². The molecule has 162 valence electrons. The van der Waals surface area contributed by atoms with Crippen molar-refractivity contribution in [2.45, 2.75) is 33.2 Å². The summed E-state index contributed by atoms with van der Waals surface area (Å²) >= 11 is 1.57. The van der Waals surface area contributed by atoms with Crippen molar-refractivity contribution in [2.24, 2.45) is 0 Å². The summed E-state index contributed by atoms with van der Waals surface area (Å²) in [7, 11) is -3.23. The third kappa shape index (κ3) is 4.88. The average molecular weight is 450 g/mol. The van der Waals surface area contributed by atoms with Gasteiger partial charge in [-0.3, -0.25) is 4.79 Å². The number of hydrogen-bond acceptors (Lipinski definition) is 6.